The Balaban J connectivity index is 2.03. The van der Waals surface area contributed by atoms with Gasteiger partial charge in [-0.2, -0.15) is 0 Å². The Morgan fingerprint density at radius 1 is 1.21 bits per heavy atom. The van der Waals surface area contributed by atoms with E-state index in [1.807, 2.05) is 43.3 Å². The minimum Gasteiger partial charge on any atom is -0.481 e. The van der Waals surface area contributed by atoms with Gasteiger partial charge in [-0.1, -0.05) is 58.4 Å². The van der Waals surface area contributed by atoms with Crippen LogP contribution in [0.25, 0.3) is 0 Å². The summed E-state index contributed by atoms with van der Waals surface area (Å²) in [6, 6.07) is 14.1. The van der Waals surface area contributed by atoms with Gasteiger partial charge in [0.15, 0.2) is 0 Å². The van der Waals surface area contributed by atoms with Gasteiger partial charge in [-0.25, -0.2) is 4.79 Å². The number of carbonyl (C=O) groups excluding carboxylic acids is 1. The van der Waals surface area contributed by atoms with Crippen molar-refractivity contribution in [3.05, 3.63) is 69.7 Å². The molecule has 0 aromatic heterocycles. The molecule has 2 aromatic rings. The van der Waals surface area contributed by atoms with Gasteiger partial charge in [-0.15, -0.1) is 0 Å². The molecule has 0 aliphatic heterocycles. The lowest BCUT2D eigenvalue weighted by Gasteiger charge is -2.18. The zero-order chi connectivity index (χ0) is 17.5. The van der Waals surface area contributed by atoms with E-state index < -0.39 is 18.1 Å². The Labute approximate surface area is 148 Å². The van der Waals surface area contributed by atoms with Crippen molar-refractivity contribution in [3.8, 4) is 0 Å². The average molecular weight is 392 g/mol. The molecule has 0 saturated heterocycles. The van der Waals surface area contributed by atoms with Gasteiger partial charge >= 0.3 is 12.1 Å². The summed E-state index contributed by atoms with van der Waals surface area (Å²) in [5.41, 5.74) is 2.59. The van der Waals surface area contributed by atoms with E-state index >= 15 is 0 Å². The monoisotopic (exact) mass is 391 g/mol. The fraction of sp³-hybridized carbons (Fsp3) is 0.222. The molecule has 0 aliphatic carbocycles. The number of carboxylic acid groups (broad SMARTS) is 1. The maximum Gasteiger partial charge on any atom is 0.407 e. The number of carbonyl (C=O) groups is 2. The topological polar surface area (TPSA) is 75.6 Å². The smallest absolute Gasteiger partial charge is 0.407 e. The third-order valence-electron chi connectivity index (χ3n) is 3.48. The number of alkyl carbamates (subject to hydrolysis) is 1. The van der Waals surface area contributed by atoms with Crippen molar-refractivity contribution in [3.63, 3.8) is 0 Å². The summed E-state index contributed by atoms with van der Waals surface area (Å²) in [6.45, 7) is 2.06. The lowest BCUT2D eigenvalue weighted by molar-refractivity contribution is -0.137. The molecule has 2 rings (SSSR count). The highest BCUT2D eigenvalue weighted by Gasteiger charge is 2.19. The van der Waals surface area contributed by atoms with Crippen molar-refractivity contribution in [2.24, 2.45) is 0 Å². The first-order valence-corrected chi connectivity index (χ1v) is 8.20. The van der Waals surface area contributed by atoms with Gasteiger partial charge in [0.05, 0.1) is 12.5 Å². The zero-order valence-electron chi connectivity index (χ0n) is 13.2. The maximum atomic E-state index is 12.0. The van der Waals surface area contributed by atoms with Crippen LogP contribution in [0.4, 0.5) is 4.79 Å². The molecule has 0 fully saturated rings. The fourth-order valence-corrected chi connectivity index (χ4v) is 2.56. The van der Waals surface area contributed by atoms with Crippen LogP contribution in [0.2, 0.25) is 0 Å². The zero-order valence-corrected chi connectivity index (χ0v) is 14.7. The highest BCUT2D eigenvalue weighted by molar-refractivity contribution is 9.10. The van der Waals surface area contributed by atoms with Crippen LogP contribution in [0.15, 0.2) is 53.0 Å². The summed E-state index contributed by atoms with van der Waals surface area (Å²) in [6.07, 6.45) is -0.877. The van der Waals surface area contributed by atoms with Crippen molar-refractivity contribution in [2.45, 2.75) is 26.0 Å². The molecule has 0 spiro atoms. The Kier molecular flexibility index (Phi) is 6.37. The third kappa shape index (κ3) is 5.38. The SMILES string of the molecule is Cc1ccc([C@H](CC(=O)O)NC(=O)OCc2ccccc2)cc1Br. The minimum absolute atomic E-state index is 0.129. The molecule has 5 nitrogen and oxygen atoms in total. The molecule has 2 aromatic carbocycles. The first-order valence-electron chi connectivity index (χ1n) is 7.41. The normalized spacial score (nSPS) is 11.6. The second-order valence-electron chi connectivity index (χ2n) is 5.37. The van der Waals surface area contributed by atoms with Crippen LogP contribution in [0, 0.1) is 6.92 Å². The summed E-state index contributed by atoms with van der Waals surface area (Å²) in [4.78, 5) is 23.1. The van der Waals surface area contributed by atoms with E-state index in [4.69, 9.17) is 9.84 Å². The van der Waals surface area contributed by atoms with Crippen LogP contribution in [0.3, 0.4) is 0 Å². The van der Waals surface area contributed by atoms with E-state index in [1.165, 1.54) is 0 Å². The Morgan fingerprint density at radius 2 is 1.92 bits per heavy atom. The predicted octanol–water partition coefficient (Wildman–Crippen LogP) is 4.20. The standard InChI is InChI=1S/C18H18BrNO4/c1-12-7-8-14(9-15(12)19)16(10-17(21)22)20-18(23)24-11-13-5-3-2-4-6-13/h2-9,16H,10-11H2,1H3,(H,20,23)(H,21,22)/t16-/m0/s1. The number of halogens is 1. The van der Waals surface area contributed by atoms with Gasteiger partial charge < -0.3 is 15.2 Å². The molecule has 2 N–H and O–H groups in total. The first-order chi connectivity index (χ1) is 11.5. The van der Waals surface area contributed by atoms with Gasteiger partial charge in [0, 0.05) is 4.47 Å². The Bertz CT molecular complexity index is 718. The number of hydrogen-bond donors (Lipinski definition) is 2. The van der Waals surface area contributed by atoms with Gasteiger partial charge in [-0.3, -0.25) is 4.79 Å². The van der Waals surface area contributed by atoms with Gasteiger partial charge in [0.25, 0.3) is 0 Å². The van der Waals surface area contributed by atoms with Crippen LogP contribution < -0.4 is 5.32 Å². The number of ether oxygens (including phenoxy) is 1. The summed E-state index contributed by atoms with van der Waals surface area (Å²) in [5, 5.41) is 11.7. The summed E-state index contributed by atoms with van der Waals surface area (Å²) < 4.78 is 6.02. The molecular formula is C18H18BrNO4. The minimum atomic E-state index is -1.000. The molecule has 1 amide bonds. The molecule has 0 aliphatic rings. The summed E-state index contributed by atoms with van der Waals surface area (Å²) >= 11 is 3.42. The number of amides is 1. The molecule has 0 radical (unpaired) electrons. The number of hydrogen-bond acceptors (Lipinski definition) is 3. The number of aliphatic carboxylic acids is 1. The molecule has 1 atom stereocenters. The number of aryl methyl sites for hydroxylation is 1. The molecule has 0 unspecified atom stereocenters. The van der Waals surface area contributed by atoms with Crippen LogP contribution in [-0.2, 0) is 16.1 Å². The van der Waals surface area contributed by atoms with E-state index in [0.29, 0.717) is 5.56 Å². The fourth-order valence-electron chi connectivity index (χ4n) is 2.16. The average Bonchev–Trinajstić information content (AvgIpc) is 2.55. The van der Waals surface area contributed by atoms with Gasteiger partial charge in [0.1, 0.15) is 6.61 Å². The van der Waals surface area contributed by atoms with E-state index in [9.17, 15) is 9.59 Å². The van der Waals surface area contributed by atoms with Crippen molar-refractivity contribution < 1.29 is 19.4 Å². The van der Waals surface area contributed by atoms with E-state index in [-0.39, 0.29) is 13.0 Å². The van der Waals surface area contributed by atoms with Crippen molar-refractivity contribution >= 4 is 28.0 Å². The van der Waals surface area contributed by atoms with Crippen LogP contribution >= 0.6 is 15.9 Å². The van der Waals surface area contributed by atoms with Crippen LogP contribution in [0.5, 0.6) is 0 Å². The predicted molar refractivity (Wildman–Crippen MR) is 93.6 cm³/mol. The van der Waals surface area contributed by atoms with Crippen molar-refractivity contribution in [2.75, 3.05) is 0 Å². The Hall–Kier alpha value is -2.34. The largest absolute Gasteiger partial charge is 0.481 e. The molecule has 0 bridgehead atoms. The van der Waals surface area contributed by atoms with E-state index in [0.717, 1.165) is 15.6 Å². The lowest BCUT2D eigenvalue weighted by Crippen LogP contribution is -2.30. The second-order valence-corrected chi connectivity index (χ2v) is 6.22. The lowest BCUT2D eigenvalue weighted by atomic mass is 10.0. The number of carboxylic acids is 1. The third-order valence-corrected chi connectivity index (χ3v) is 4.34. The number of nitrogens with one attached hydrogen (secondary N) is 1. The van der Waals surface area contributed by atoms with Gasteiger partial charge in [-0.05, 0) is 29.7 Å². The molecular weight excluding hydrogens is 374 g/mol. The van der Waals surface area contributed by atoms with Crippen LogP contribution in [0.1, 0.15) is 29.2 Å². The highest BCUT2D eigenvalue weighted by atomic mass is 79.9. The van der Waals surface area contributed by atoms with Crippen LogP contribution in [-0.4, -0.2) is 17.2 Å². The molecule has 126 valence electrons. The molecule has 0 saturated carbocycles. The molecule has 6 heteroatoms. The molecule has 0 heterocycles. The summed E-state index contributed by atoms with van der Waals surface area (Å²) in [5.74, 6) is -1.000. The summed E-state index contributed by atoms with van der Waals surface area (Å²) in [7, 11) is 0. The molecule has 24 heavy (non-hydrogen) atoms. The maximum absolute atomic E-state index is 12.0. The quantitative estimate of drug-likeness (QED) is 0.773. The van der Waals surface area contributed by atoms with Gasteiger partial charge in [0.2, 0.25) is 0 Å². The number of rotatable bonds is 6. The van der Waals surface area contributed by atoms with Crippen molar-refractivity contribution in [1.29, 1.82) is 0 Å². The van der Waals surface area contributed by atoms with E-state index in [1.54, 1.807) is 12.1 Å². The van der Waals surface area contributed by atoms with Crippen molar-refractivity contribution in [1.82, 2.24) is 5.32 Å². The highest BCUT2D eigenvalue weighted by Crippen LogP contribution is 2.24. The van der Waals surface area contributed by atoms with E-state index in [2.05, 4.69) is 21.2 Å². The first kappa shape index (κ1) is 18.0. The number of benzene rings is 2. The Morgan fingerprint density at radius 3 is 2.54 bits per heavy atom. The second kappa shape index (κ2) is 8.49.